The van der Waals surface area contributed by atoms with Gasteiger partial charge in [0.1, 0.15) is 11.3 Å². The molecule has 1 aliphatic rings. The molecule has 0 amide bonds. The Morgan fingerprint density at radius 2 is 2.29 bits per heavy atom. The fourth-order valence-electron chi connectivity index (χ4n) is 3.24. The van der Waals surface area contributed by atoms with Crippen LogP contribution in [0.2, 0.25) is 0 Å². The van der Waals surface area contributed by atoms with Crippen molar-refractivity contribution in [3.8, 4) is 5.75 Å². The molecule has 1 aliphatic carbocycles. The van der Waals surface area contributed by atoms with Crippen molar-refractivity contribution in [3.63, 3.8) is 0 Å². The summed E-state index contributed by atoms with van der Waals surface area (Å²) in [5.74, 6) is 1.27. The Morgan fingerprint density at radius 3 is 2.95 bits per heavy atom. The van der Waals surface area contributed by atoms with Crippen LogP contribution in [0.5, 0.6) is 5.75 Å². The Bertz CT molecular complexity index is 494. The number of benzene rings is 1. The molecular weight excluding hydrogens is 286 g/mol. The lowest BCUT2D eigenvalue weighted by Gasteiger charge is -2.31. The van der Waals surface area contributed by atoms with Gasteiger partial charge in [-0.2, -0.15) is 0 Å². The summed E-state index contributed by atoms with van der Waals surface area (Å²) >= 11 is 1.74. The first kappa shape index (κ1) is 16.2. The van der Waals surface area contributed by atoms with E-state index in [4.69, 9.17) is 4.74 Å². The molecule has 0 bridgehead atoms. The van der Waals surface area contributed by atoms with Crippen LogP contribution in [0.25, 0.3) is 0 Å². The number of likely N-dealkylation sites (N-methyl/N-ethyl adjacent to an activating group) is 1. The van der Waals surface area contributed by atoms with Gasteiger partial charge in [-0.1, -0.05) is 18.6 Å². The Hall–Kier alpha value is -1.20. The molecule has 0 saturated heterocycles. The number of hydrogen-bond donors (Lipinski definition) is 2. The Labute approximate surface area is 130 Å². The van der Waals surface area contributed by atoms with Gasteiger partial charge in [0, 0.05) is 4.90 Å². The number of thioether (sulfide) groups is 1. The molecule has 1 saturated carbocycles. The average Bonchev–Trinajstić information content (AvgIpc) is 2.92. The SMILES string of the molecule is CNC1(C(=O)O)CCCC1CCSc1ccccc1OC. The maximum absolute atomic E-state index is 11.6. The Balaban J connectivity index is 1.95. The third-order valence-electron chi connectivity index (χ3n) is 4.44. The van der Waals surface area contributed by atoms with Crippen molar-refractivity contribution >= 4 is 17.7 Å². The lowest BCUT2D eigenvalue weighted by atomic mass is 9.85. The number of carboxylic acids is 1. The molecule has 21 heavy (non-hydrogen) atoms. The van der Waals surface area contributed by atoms with Gasteiger partial charge in [0.2, 0.25) is 0 Å². The third kappa shape index (κ3) is 3.35. The van der Waals surface area contributed by atoms with Crippen molar-refractivity contribution in [2.24, 2.45) is 5.92 Å². The second kappa shape index (κ2) is 7.18. The zero-order chi connectivity index (χ0) is 15.3. The van der Waals surface area contributed by atoms with Crippen molar-refractivity contribution in [1.82, 2.24) is 5.32 Å². The molecule has 1 aromatic rings. The Morgan fingerprint density at radius 1 is 1.52 bits per heavy atom. The summed E-state index contributed by atoms with van der Waals surface area (Å²) < 4.78 is 5.34. The zero-order valence-corrected chi connectivity index (χ0v) is 13.4. The molecule has 4 nitrogen and oxygen atoms in total. The molecule has 0 spiro atoms. The predicted molar refractivity (Wildman–Crippen MR) is 85.1 cm³/mol. The molecule has 2 unspecified atom stereocenters. The highest BCUT2D eigenvalue weighted by Crippen LogP contribution is 2.40. The van der Waals surface area contributed by atoms with E-state index < -0.39 is 11.5 Å². The molecule has 2 atom stereocenters. The maximum Gasteiger partial charge on any atom is 0.324 e. The van der Waals surface area contributed by atoms with Gasteiger partial charge in [-0.3, -0.25) is 4.79 Å². The van der Waals surface area contributed by atoms with Gasteiger partial charge in [0.05, 0.1) is 7.11 Å². The van der Waals surface area contributed by atoms with E-state index in [0.29, 0.717) is 0 Å². The van der Waals surface area contributed by atoms with E-state index in [1.807, 2.05) is 24.3 Å². The van der Waals surface area contributed by atoms with Gasteiger partial charge < -0.3 is 15.2 Å². The number of carboxylic acid groups (broad SMARTS) is 1. The molecule has 1 aromatic carbocycles. The van der Waals surface area contributed by atoms with Crippen LogP contribution in [0.1, 0.15) is 25.7 Å². The standard InChI is InChI=1S/C16H23NO3S/c1-17-16(15(18)19)10-5-6-12(16)9-11-21-14-8-4-3-7-13(14)20-2/h3-4,7-8,12,17H,5-6,9-11H2,1-2H3,(H,18,19). The van der Waals surface area contributed by atoms with Crippen molar-refractivity contribution in [2.45, 2.75) is 36.1 Å². The van der Waals surface area contributed by atoms with Gasteiger partial charge in [0.25, 0.3) is 0 Å². The van der Waals surface area contributed by atoms with E-state index in [1.54, 1.807) is 25.9 Å². The van der Waals surface area contributed by atoms with Gasteiger partial charge in [0.15, 0.2) is 0 Å². The van der Waals surface area contributed by atoms with Crippen molar-refractivity contribution < 1.29 is 14.6 Å². The normalized spacial score (nSPS) is 25.0. The lowest BCUT2D eigenvalue weighted by molar-refractivity contribution is -0.146. The van der Waals surface area contributed by atoms with Crippen LogP contribution in [0.4, 0.5) is 0 Å². The minimum Gasteiger partial charge on any atom is -0.496 e. The highest BCUT2D eigenvalue weighted by atomic mass is 32.2. The van der Waals surface area contributed by atoms with Crippen molar-refractivity contribution in [1.29, 1.82) is 0 Å². The number of hydrogen-bond acceptors (Lipinski definition) is 4. The number of methoxy groups -OCH3 is 1. The molecule has 2 N–H and O–H groups in total. The predicted octanol–water partition coefficient (Wildman–Crippen LogP) is 3.02. The topological polar surface area (TPSA) is 58.6 Å². The summed E-state index contributed by atoms with van der Waals surface area (Å²) in [4.78, 5) is 12.7. The number of ether oxygens (including phenoxy) is 1. The van der Waals surface area contributed by atoms with Crippen LogP contribution >= 0.6 is 11.8 Å². The minimum atomic E-state index is -0.735. The first-order valence-electron chi connectivity index (χ1n) is 7.32. The number of para-hydroxylation sites is 1. The van der Waals surface area contributed by atoms with Crippen LogP contribution in [-0.2, 0) is 4.79 Å². The first-order valence-corrected chi connectivity index (χ1v) is 8.30. The van der Waals surface area contributed by atoms with Crippen molar-refractivity contribution in [3.05, 3.63) is 24.3 Å². The van der Waals surface area contributed by atoms with Gasteiger partial charge in [-0.25, -0.2) is 0 Å². The first-order chi connectivity index (χ1) is 10.1. The highest BCUT2D eigenvalue weighted by molar-refractivity contribution is 7.99. The van der Waals surface area contributed by atoms with E-state index in [-0.39, 0.29) is 5.92 Å². The summed E-state index contributed by atoms with van der Waals surface area (Å²) in [6, 6.07) is 7.94. The second-order valence-corrected chi connectivity index (χ2v) is 6.54. The van der Waals surface area contributed by atoms with Crippen LogP contribution < -0.4 is 10.1 Å². The number of nitrogens with one attached hydrogen (secondary N) is 1. The molecule has 0 radical (unpaired) electrons. The fraction of sp³-hybridized carbons (Fsp3) is 0.562. The van der Waals surface area contributed by atoms with Crippen LogP contribution in [0, 0.1) is 5.92 Å². The molecule has 0 aromatic heterocycles. The quantitative estimate of drug-likeness (QED) is 0.758. The molecule has 0 heterocycles. The number of rotatable bonds is 7. The monoisotopic (exact) mass is 309 g/mol. The van der Waals surface area contributed by atoms with Crippen LogP contribution in [-0.4, -0.2) is 36.5 Å². The number of aliphatic carboxylic acids is 1. The van der Waals surface area contributed by atoms with Crippen LogP contribution in [0.3, 0.4) is 0 Å². The van der Waals surface area contributed by atoms with E-state index >= 15 is 0 Å². The van der Waals surface area contributed by atoms with E-state index in [2.05, 4.69) is 5.32 Å². The van der Waals surface area contributed by atoms with E-state index in [9.17, 15) is 9.90 Å². The number of carbonyl (C=O) groups is 1. The van der Waals surface area contributed by atoms with Gasteiger partial charge in [-0.15, -0.1) is 11.8 Å². The third-order valence-corrected chi connectivity index (χ3v) is 5.53. The van der Waals surface area contributed by atoms with Gasteiger partial charge >= 0.3 is 5.97 Å². The summed E-state index contributed by atoms with van der Waals surface area (Å²) in [5, 5.41) is 12.6. The lowest BCUT2D eigenvalue weighted by Crippen LogP contribution is -2.53. The van der Waals surface area contributed by atoms with Gasteiger partial charge in [-0.05, 0) is 50.1 Å². The van der Waals surface area contributed by atoms with E-state index in [1.165, 1.54) is 0 Å². The summed E-state index contributed by atoms with van der Waals surface area (Å²) in [6.07, 6.45) is 3.59. The second-order valence-electron chi connectivity index (χ2n) is 5.40. The molecule has 116 valence electrons. The Kier molecular flexibility index (Phi) is 5.53. The fourth-order valence-corrected chi connectivity index (χ4v) is 4.33. The van der Waals surface area contributed by atoms with Crippen LogP contribution in [0.15, 0.2) is 29.2 Å². The molecule has 1 fully saturated rings. The van der Waals surface area contributed by atoms with Crippen molar-refractivity contribution in [2.75, 3.05) is 19.9 Å². The molecule has 0 aliphatic heterocycles. The smallest absolute Gasteiger partial charge is 0.324 e. The maximum atomic E-state index is 11.6. The van der Waals surface area contributed by atoms with E-state index in [0.717, 1.165) is 42.1 Å². The highest BCUT2D eigenvalue weighted by Gasteiger charge is 2.47. The molecule has 5 heteroatoms. The average molecular weight is 309 g/mol. The zero-order valence-electron chi connectivity index (χ0n) is 12.6. The molecular formula is C16H23NO3S. The largest absolute Gasteiger partial charge is 0.496 e. The minimum absolute atomic E-state index is 0.196. The summed E-state index contributed by atoms with van der Waals surface area (Å²) in [6.45, 7) is 0. The molecule has 2 rings (SSSR count). The summed E-state index contributed by atoms with van der Waals surface area (Å²) in [5.41, 5.74) is -0.735. The summed E-state index contributed by atoms with van der Waals surface area (Å²) in [7, 11) is 3.44.